The predicted molar refractivity (Wildman–Crippen MR) is 343 cm³/mol. The van der Waals surface area contributed by atoms with Crippen molar-refractivity contribution in [2.45, 2.75) is 304 Å². The SMILES string of the molecule is CC(=O)N[C@H]1[C@H](O[C@H]2[C@H](O)[C@@H](NC(C)=O)C(O)O[C@@H]2CO)O[C@H](CO)[C@@H](O[C@@H]2O[C@H](CO[C@H]3O[C@H](CO[C@H]4O[C@H](CO)[C@@H](O)[C@H](O)[C@@H]4O)[C@@H](O)[C@H](O[C@H]4O[C@H](CO)[C@@H](O)[C@H](O)[C@@H]4O)[C@@H]3O)[C@@H](O)[C@H](O[C@H]3O[C@H](CO)[C@@H](O)[C@H](O)[C@@H]3O[C@@H]3O[C@H](CO)[C@@H](O)[C@H](O)[C@H]3NC(C)=O)[C@@H]2O[C@@H]2O[C@H](CO)[C@@H](O)[C@H](O)[C@H]2NC(C)=O)[C@@H]1O. The second-order valence-electron chi connectivity index (χ2n) is 28.2. The summed E-state index contributed by atoms with van der Waals surface area (Å²) in [4.78, 5) is 51.2. The number of amides is 4. The molecule has 0 spiro atoms. The molecule has 4 amide bonds. The fourth-order valence-corrected chi connectivity index (χ4v) is 14.3. The van der Waals surface area contributed by atoms with Crippen molar-refractivity contribution in [1.82, 2.24) is 21.3 Å². The van der Waals surface area contributed by atoms with Gasteiger partial charge in [-0.05, 0) is 0 Å². The molecule has 9 fully saturated rings. The van der Waals surface area contributed by atoms with Gasteiger partial charge in [0.25, 0.3) is 0 Å². The molecule has 0 aromatic heterocycles. The first-order chi connectivity index (χ1) is 53.0. The normalized spacial score (nSPS) is 48.9. The molecule has 29 N–H and O–H groups in total. The van der Waals surface area contributed by atoms with Gasteiger partial charge >= 0.3 is 0 Å². The number of carbonyl (C=O) groups is 4. The molecular weight excluding hydrogens is 1540 g/mol. The third-order valence-corrected chi connectivity index (χ3v) is 20.3. The van der Waals surface area contributed by atoms with Crippen molar-refractivity contribution in [3.8, 4) is 0 Å². The molecule has 0 bridgehead atoms. The van der Waals surface area contributed by atoms with E-state index in [2.05, 4.69) is 21.3 Å². The smallest absolute Gasteiger partial charge is 0.217 e. The van der Waals surface area contributed by atoms with Crippen molar-refractivity contribution in [3.05, 3.63) is 0 Å². The molecule has 648 valence electrons. The van der Waals surface area contributed by atoms with Gasteiger partial charge in [0.15, 0.2) is 56.6 Å². The first kappa shape index (κ1) is 92.1. The van der Waals surface area contributed by atoms with Crippen LogP contribution in [0.5, 0.6) is 0 Å². The molecule has 0 saturated carbocycles. The minimum absolute atomic E-state index is 0.812. The van der Waals surface area contributed by atoms with Crippen LogP contribution in [0.2, 0.25) is 0 Å². The number of hydrogen-bond donors (Lipinski definition) is 29. The summed E-state index contributed by atoms with van der Waals surface area (Å²) in [6, 6.07) is -7.58. The van der Waals surface area contributed by atoms with E-state index in [0.29, 0.717) is 0 Å². The van der Waals surface area contributed by atoms with Gasteiger partial charge in [0.05, 0.1) is 59.5 Å². The van der Waals surface area contributed by atoms with Crippen molar-refractivity contribution in [2.75, 3.05) is 59.5 Å². The zero-order chi connectivity index (χ0) is 82.5. The van der Waals surface area contributed by atoms with Crippen molar-refractivity contribution in [1.29, 1.82) is 0 Å². The third-order valence-electron chi connectivity index (χ3n) is 20.3. The van der Waals surface area contributed by atoms with Crippen molar-refractivity contribution in [2.24, 2.45) is 0 Å². The van der Waals surface area contributed by atoms with Gasteiger partial charge in [-0.25, -0.2) is 0 Å². The van der Waals surface area contributed by atoms with Gasteiger partial charge in [-0.3, -0.25) is 19.2 Å². The van der Waals surface area contributed by atoms with E-state index < -0.39 is 359 Å². The number of nitrogens with one attached hydrogen (secondary N) is 4. The molecule has 1 unspecified atom stereocenters. The zero-order valence-corrected chi connectivity index (χ0v) is 60.1. The molecular formula is C62H104N4O46. The topological polar surface area (TPSA) is 779 Å². The van der Waals surface area contributed by atoms with Crippen LogP contribution in [-0.2, 0) is 99.7 Å². The number of aliphatic hydroxyl groups is 25. The molecule has 112 heavy (non-hydrogen) atoms. The molecule has 9 aliphatic heterocycles. The molecule has 9 heterocycles. The number of rotatable bonds is 29. The minimum Gasteiger partial charge on any atom is -0.394 e. The van der Waals surface area contributed by atoms with Crippen LogP contribution in [0, 0.1) is 0 Å². The Labute approximate surface area is 634 Å². The van der Waals surface area contributed by atoms with Crippen LogP contribution in [0.3, 0.4) is 0 Å². The van der Waals surface area contributed by atoms with Crippen molar-refractivity contribution in [3.63, 3.8) is 0 Å². The van der Waals surface area contributed by atoms with E-state index in [1.54, 1.807) is 0 Å². The second kappa shape index (κ2) is 40.3. The van der Waals surface area contributed by atoms with Crippen LogP contribution in [-0.4, -0.2) is 487 Å². The molecule has 50 heteroatoms. The Morgan fingerprint density at radius 1 is 0.232 bits per heavy atom. The summed E-state index contributed by atoms with van der Waals surface area (Å²) in [5.74, 6) is -3.70. The van der Waals surface area contributed by atoms with Gasteiger partial charge in [0.2, 0.25) is 23.6 Å². The van der Waals surface area contributed by atoms with Crippen LogP contribution in [0.25, 0.3) is 0 Å². The van der Waals surface area contributed by atoms with Crippen LogP contribution < -0.4 is 21.3 Å². The lowest BCUT2D eigenvalue weighted by Gasteiger charge is -2.52. The van der Waals surface area contributed by atoms with E-state index in [1.165, 1.54) is 0 Å². The summed E-state index contributed by atoms with van der Waals surface area (Å²) in [6.45, 7) is -6.29. The Morgan fingerprint density at radius 2 is 0.509 bits per heavy atom. The average molecular weight is 1640 g/mol. The van der Waals surface area contributed by atoms with Crippen LogP contribution in [0.4, 0.5) is 0 Å². The van der Waals surface area contributed by atoms with Gasteiger partial charge in [-0.2, -0.15) is 0 Å². The molecule has 9 rings (SSSR count). The summed E-state index contributed by atoms with van der Waals surface area (Å²) >= 11 is 0. The van der Waals surface area contributed by atoms with Crippen LogP contribution in [0.15, 0.2) is 0 Å². The summed E-state index contributed by atoms with van der Waals surface area (Å²) in [7, 11) is 0. The fourth-order valence-electron chi connectivity index (χ4n) is 14.3. The molecule has 0 aromatic rings. The number of ether oxygens (including phenoxy) is 17. The van der Waals surface area contributed by atoms with E-state index in [-0.39, 0.29) is 0 Å². The average Bonchev–Trinajstić information content (AvgIpc) is 0.754. The largest absolute Gasteiger partial charge is 0.394 e. The Kier molecular flexibility index (Phi) is 33.1. The van der Waals surface area contributed by atoms with E-state index in [4.69, 9.17) is 80.5 Å². The highest BCUT2D eigenvalue weighted by Crippen LogP contribution is 2.41. The predicted octanol–water partition coefficient (Wildman–Crippen LogP) is -20.1. The van der Waals surface area contributed by atoms with Gasteiger partial charge < -0.3 is 229 Å². The van der Waals surface area contributed by atoms with Crippen LogP contribution in [0.1, 0.15) is 27.7 Å². The monoisotopic (exact) mass is 1640 g/mol. The van der Waals surface area contributed by atoms with E-state index in [1.807, 2.05) is 0 Å². The Morgan fingerprint density at radius 3 is 0.955 bits per heavy atom. The maximum atomic E-state index is 13.2. The quantitative estimate of drug-likeness (QED) is 0.0331. The Bertz CT molecular complexity index is 2970. The third kappa shape index (κ3) is 20.4. The van der Waals surface area contributed by atoms with Crippen molar-refractivity contribution < 1.29 is 227 Å². The number of hydrogen-bond acceptors (Lipinski definition) is 46. The number of carbonyl (C=O) groups excluding carboxylic acids is 4. The summed E-state index contributed by atoms with van der Waals surface area (Å²) in [5, 5.41) is 288. The maximum Gasteiger partial charge on any atom is 0.217 e. The summed E-state index contributed by atoms with van der Waals surface area (Å²) < 4.78 is 102. The van der Waals surface area contributed by atoms with E-state index in [0.717, 1.165) is 27.7 Å². The molecule has 9 aliphatic rings. The molecule has 45 atom stereocenters. The van der Waals surface area contributed by atoms with Crippen LogP contribution >= 0.6 is 0 Å². The Hall–Kier alpha value is -3.80. The summed E-state index contributed by atoms with van der Waals surface area (Å²) in [5.41, 5.74) is 0. The zero-order valence-electron chi connectivity index (χ0n) is 60.1. The van der Waals surface area contributed by atoms with E-state index >= 15 is 0 Å². The second-order valence-corrected chi connectivity index (χ2v) is 28.2. The first-order valence-electron chi connectivity index (χ1n) is 35.6. The Balaban J connectivity index is 1.16. The van der Waals surface area contributed by atoms with Gasteiger partial charge in [0, 0.05) is 27.7 Å². The highest BCUT2D eigenvalue weighted by Gasteiger charge is 2.61. The first-order valence-corrected chi connectivity index (χ1v) is 35.6. The van der Waals surface area contributed by atoms with Gasteiger partial charge in [-0.15, -0.1) is 0 Å². The molecule has 9 saturated heterocycles. The fraction of sp³-hybridized carbons (Fsp3) is 0.935. The molecule has 50 nitrogen and oxygen atoms in total. The highest BCUT2D eigenvalue weighted by atomic mass is 16.8. The lowest BCUT2D eigenvalue weighted by molar-refractivity contribution is -0.410. The van der Waals surface area contributed by atoms with E-state index in [9.17, 15) is 147 Å². The lowest BCUT2D eigenvalue weighted by atomic mass is 9.93. The van der Waals surface area contributed by atoms with Gasteiger partial charge in [0.1, 0.15) is 219 Å². The summed E-state index contributed by atoms with van der Waals surface area (Å²) in [6.07, 6.45) is -88.0. The standard InChI is InChI=1S/C62H104N4O46/c1-14(74)63-27-40(87)48(23(10-72)98-54(27)95)107-57-30(66-17(4)77)41(88)49(24(11-73)104-57)108-62-53(112-56-29(65-16(3)76)39(86)32(79)19(6-68)100-56)51(110-61-52(44(91)35(82)22(9-71)103-61)111-55-28(64-15(2)75)38(85)31(78)18(5-67)99-55)37(84)26(106-62)13-97-59-47(94)50(109-60-46(93)43(90)34(81)21(8-70)102-60)36(83)25(105-59)12-96-58-45(92)42(89)33(80)20(7-69)101-58/h18-62,67-73,78-95H,5-13H2,1-4H3,(H,63,74)(H,64,75)(H,65,76)(H,66,77)/t18-,19-,20-,21-,22-,23-,24-,25-,26-,27-,28-,29-,30-,31-,32-,33-,34-,35-,36-,37-,38-,39-,40-,41-,42+,43+,44+,45+,46+,47+,48-,49-,50+,51+,52+,53+,54?,55+,56+,57+,58+,59+,60-,61-,62+/m1/s1. The maximum absolute atomic E-state index is 13.2. The number of aliphatic hydroxyl groups excluding tert-OH is 25. The molecule has 0 aromatic carbocycles. The highest BCUT2D eigenvalue weighted by molar-refractivity contribution is 5.74. The lowest BCUT2D eigenvalue weighted by Crippen LogP contribution is -2.71. The molecule has 0 radical (unpaired) electrons. The van der Waals surface area contributed by atoms with Gasteiger partial charge in [-0.1, -0.05) is 0 Å². The minimum atomic E-state index is -2.60. The molecule has 0 aliphatic carbocycles. The van der Waals surface area contributed by atoms with Crippen molar-refractivity contribution >= 4 is 23.6 Å².